The lowest BCUT2D eigenvalue weighted by Gasteiger charge is -2.13. The molecular formula is C20H16F5NO4. The van der Waals surface area contributed by atoms with Crippen molar-refractivity contribution in [3.63, 3.8) is 0 Å². The van der Waals surface area contributed by atoms with Gasteiger partial charge in [0.15, 0.2) is 6.29 Å². The highest BCUT2D eigenvalue weighted by atomic mass is 19.4. The van der Waals surface area contributed by atoms with Gasteiger partial charge < -0.3 is 20.3 Å². The molecule has 0 heterocycles. The monoisotopic (exact) mass is 429 g/mol. The van der Waals surface area contributed by atoms with E-state index in [1.807, 2.05) is 0 Å². The minimum atomic E-state index is -4.92. The number of alkyl halides is 3. The van der Waals surface area contributed by atoms with E-state index in [1.165, 1.54) is 12.1 Å². The molecule has 1 aliphatic rings. The lowest BCUT2D eigenvalue weighted by molar-refractivity contribution is -0.274. The van der Waals surface area contributed by atoms with Crippen LogP contribution in [0.3, 0.4) is 0 Å². The van der Waals surface area contributed by atoms with Gasteiger partial charge in [-0.05, 0) is 60.2 Å². The average molecular weight is 429 g/mol. The van der Waals surface area contributed by atoms with Crippen LogP contribution in [0.1, 0.15) is 19.3 Å². The second kappa shape index (κ2) is 8.41. The van der Waals surface area contributed by atoms with Crippen LogP contribution in [-0.4, -0.2) is 28.8 Å². The van der Waals surface area contributed by atoms with E-state index < -0.39 is 41.6 Å². The molecule has 0 saturated carbocycles. The zero-order valence-electron chi connectivity index (χ0n) is 15.3. The van der Waals surface area contributed by atoms with Gasteiger partial charge in [0.05, 0.1) is 0 Å². The van der Waals surface area contributed by atoms with Crippen LogP contribution in [0, 0.1) is 11.6 Å². The van der Waals surface area contributed by atoms with E-state index in [9.17, 15) is 37.0 Å². The van der Waals surface area contributed by atoms with Gasteiger partial charge in [0.2, 0.25) is 0 Å². The summed E-state index contributed by atoms with van der Waals surface area (Å²) in [6.45, 7) is 0. The predicted octanol–water partition coefficient (Wildman–Crippen LogP) is 4.26. The number of ether oxygens (including phenoxy) is 1. The van der Waals surface area contributed by atoms with Crippen LogP contribution in [0.5, 0.6) is 5.75 Å². The Hall–Kier alpha value is -2.98. The Kier molecular flexibility index (Phi) is 6.09. The molecule has 5 nitrogen and oxygen atoms in total. The second-order valence-electron chi connectivity index (χ2n) is 6.58. The third kappa shape index (κ3) is 4.95. The molecule has 0 bridgehead atoms. The predicted molar refractivity (Wildman–Crippen MR) is 96.2 cm³/mol. The molecule has 3 rings (SSSR count). The minimum Gasteiger partial charge on any atom is -0.406 e. The fraction of sp³-hybridized carbons (Fsp3) is 0.250. The number of halogens is 5. The van der Waals surface area contributed by atoms with E-state index in [2.05, 4.69) is 10.1 Å². The maximum atomic E-state index is 14.5. The molecular weight excluding hydrogens is 413 g/mol. The summed E-state index contributed by atoms with van der Waals surface area (Å²) < 4.78 is 69.9. The van der Waals surface area contributed by atoms with Crippen molar-refractivity contribution in [2.24, 2.45) is 0 Å². The third-order valence-corrected chi connectivity index (χ3v) is 4.53. The van der Waals surface area contributed by atoms with Gasteiger partial charge in [0, 0.05) is 5.57 Å². The van der Waals surface area contributed by atoms with Crippen molar-refractivity contribution in [3.8, 4) is 16.9 Å². The van der Waals surface area contributed by atoms with Crippen molar-refractivity contribution < 1.29 is 41.7 Å². The number of aliphatic hydroxyl groups excluding tert-OH is 1. The molecule has 30 heavy (non-hydrogen) atoms. The van der Waals surface area contributed by atoms with Crippen molar-refractivity contribution in [2.45, 2.75) is 31.9 Å². The largest absolute Gasteiger partial charge is 0.573 e. The number of rotatable bonds is 5. The SMILES string of the molecule is O=C(Nc1c(F)cc(-c2cccc(OC(F)(F)F)c2)cc1F)C1=C(C(O)O)CCC1. The summed E-state index contributed by atoms with van der Waals surface area (Å²) >= 11 is 0. The molecule has 0 aliphatic heterocycles. The average Bonchev–Trinajstić information content (AvgIpc) is 3.13. The summed E-state index contributed by atoms with van der Waals surface area (Å²) in [5, 5.41) is 20.7. The molecule has 1 amide bonds. The van der Waals surface area contributed by atoms with E-state index >= 15 is 0 Å². The zero-order valence-corrected chi connectivity index (χ0v) is 15.3. The van der Waals surface area contributed by atoms with Gasteiger partial charge in [-0.25, -0.2) is 8.78 Å². The number of carbonyl (C=O) groups excluding carboxylic acids is 1. The van der Waals surface area contributed by atoms with Crippen LogP contribution in [0.25, 0.3) is 11.1 Å². The molecule has 0 aromatic heterocycles. The highest BCUT2D eigenvalue weighted by Gasteiger charge is 2.31. The first-order valence-electron chi connectivity index (χ1n) is 8.80. The number of anilines is 1. The standard InChI is InChI=1S/C20H16F5NO4/c21-15-8-11(10-3-1-4-12(7-10)30-20(23,24)25)9-16(22)17(15)26-18(27)13-5-2-6-14(13)19(28)29/h1,3-4,7-9,19,28-29H,2,5-6H2,(H,26,27). The van der Waals surface area contributed by atoms with Crippen molar-refractivity contribution in [3.05, 3.63) is 59.2 Å². The number of aliphatic hydroxyl groups is 2. The topological polar surface area (TPSA) is 78.8 Å². The Morgan fingerprint density at radius 3 is 2.30 bits per heavy atom. The Bertz CT molecular complexity index is 978. The number of nitrogens with one attached hydrogen (secondary N) is 1. The van der Waals surface area contributed by atoms with Crippen LogP contribution in [0.4, 0.5) is 27.6 Å². The minimum absolute atomic E-state index is 0.0462. The fourth-order valence-corrected chi connectivity index (χ4v) is 3.23. The van der Waals surface area contributed by atoms with Gasteiger partial charge in [-0.15, -0.1) is 13.2 Å². The molecule has 0 radical (unpaired) electrons. The summed E-state index contributed by atoms with van der Waals surface area (Å²) in [4.78, 5) is 12.3. The first-order chi connectivity index (χ1) is 14.0. The summed E-state index contributed by atoms with van der Waals surface area (Å²) in [6.07, 6.45) is -5.75. The molecule has 1 aliphatic carbocycles. The van der Waals surface area contributed by atoms with E-state index in [4.69, 9.17) is 0 Å². The van der Waals surface area contributed by atoms with Crippen molar-refractivity contribution in [1.29, 1.82) is 0 Å². The van der Waals surface area contributed by atoms with Gasteiger partial charge in [-0.1, -0.05) is 12.1 Å². The molecule has 3 N–H and O–H groups in total. The van der Waals surface area contributed by atoms with Gasteiger partial charge in [-0.3, -0.25) is 4.79 Å². The quantitative estimate of drug-likeness (QED) is 0.490. The number of hydrogen-bond donors (Lipinski definition) is 3. The zero-order chi connectivity index (χ0) is 22.1. The first-order valence-corrected chi connectivity index (χ1v) is 8.80. The normalized spacial score (nSPS) is 14.4. The smallest absolute Gasteiger partial charge is 0.406 e. The maximum absolute atomic E-state index is 14.5. The van der Waals surface area contributed by atoms with Gasteiger partial charge in [0.1, 0.15) is 23.1 Å². The Balaban J connectivity index is 1.87. The fourth-order valence-electron chi connectivity index (χ4n) is 3.23. The number of carbonyl (C=O) groups is 1. The van der Waals surface area contributed by atoms with Gasteiger partial charge >= 0.3 is 6.36 Å². The number of hydrogen-bond acceptors (Lipinski definition) is 4. The summed E-state index contributed by atoms with van der Waals surface area (Å²) in [5.41, 5.74) is -0.618. The lowest BCUT2D eigenvalue weighted by atomic mass is 10.0. The Morgan fingerprint density at radius 2 is 1.70 bits per heavy atom. The van der Waals surface area contributed by atoms with Crippen molar-refractivity contribution in [2.75, 3.05) is 5.32 Å². The van der Waals surface area contributed by atoms with E-state index in [0.29, 0.717) is 6.42 Å². The van der Waals surface area contributed by atoms with Crippen LogP contribution >= 0.6 is 0 Å². The molecule has 0 atom stereocenters. The highest BCUT2D eigenvalue weighted by Crippen LogP contribution is 2.33. The molecule has 10 heteroatoms. The van der Waals surface area contributed by atoms with E-state index in [1.54, 1.807) is 0 Å². The third-order valence-electron chi connectivity index (χ3n) is 4.53. The second-order valence-corrected chi connectivity index (χ2v) is 6.58. The molecule has 2 aromatic rings. The molecule has 160 valence electrons. The molecule has 0 fully saturated rings. The van der Waals surface area contributed by atoms with E-state index in [-0.39, 0.29) is 35.1 Å². The highest BCUT2D eigenvalue weighted by molar-refractivity contribution is 6.05. The number of amides is 1. The van der Waals surface area contributed by atoms with Gasteiger partial charge in [-0.2, -0.15) is 0 Å². The summed E-state index contributed by atoms with van der Waals surface area (Å²) in [6, 6.07) is 6.30. The van der Waals surface area contributed by atoms with Crippen LogP contribution < -0.4 is 10.1 Å². The van der Waals surface area contributed by atoms with Gasteiger partial charge in [0.25, 0.3) is 5.91 Å². The van der Waals surface area contributed by atoms with Crippen LogP contribution in [0.2, 0.25) is 0 Å². The Labute approximate surface area is 167 Å². The molecule has 2 aromatic carbocycles. The van der Waals surface area contributed by atoms with Crippen LogP contribution in [-0.2, 0) is 4.79 Å². The maximum Gasteiger partial charge on any atom is 0.573 e. The van der Waals surface area contributed by atoms with Crippen molar-refractivity contribution >= 4 is 11.6 Å². The Morgan fingerprint density at radius 1 is 1.03 bits per heavy atom. The molecule has 0 unspecified atom stereocenters. The molecule has 0 saturated heterocycles. The van der Waals surface area contributed by atoms with Crippen molar-refractivity contribution in [1.82, 2.24) is 0 Å². The van der Waals surface area contributed by atoms with E-state index in [0.717, 1.165) is 24.3 Å². The summed E-state index contributed by atoms with van der Waals surface area (Å²) in [5.74, 6) is -3.71. The van der Waals surface area contributed by atoms with Crippen LogP contribution in [0.15, 0.2) is 47.5 Å². The first kappa shape index (κ1) is 21.7. The summed E-state index contributed by atoms with van der Waals surface area (Å²) in [7, 11) is 0. The lowest BCUT2D eigenvalue weighted by Crippen LogP contribution is -2.19. The number of benzene rings is 2. The molecule has 0 spiro atoms.